The number of allylic oxidation sites excluding steroid dienone is 3. The van der Waals surface area contributed by atoms with Crippen LogP contribution in [0.2, 0.25) is 0 Å². The van der Waals surface area contributed by atoms with Crippen LogP contribution in [0.4, 0.5) is 0 Å². The molecule has 35 heavy (non-hydrogen) atoms. The lowest BCUT2D eigenvalue weighted by Crippen LogP contribution is -2.37. The molecule has 5 rings (SSSR count). The number of para-hydroxylation sites is 1. The normalized spacial score (nSPS) is 20.3. The number of ether oxygens (including phenoxy) is 1. The van der Waals surface area contributed by atoms with Crippen LogP contribution >= 0.6 is 11.3 Å². The van der Waals surface area contributed by atoms with Crippen molar-refractivity contribution in [3.63, 3.8) is 0 Å². The first-order valence-electron chi connectivity index (χ1n) is 11.8. The van der Waals surface area contributed by atoms with Gasteiger partial charge in [-0.05, 0) is 42.8 Å². The molecule has 0 amide bonds. The lowest BCUT2D eigenvalue weighted by Gasteiger charge is -2.36. The lowest BCUT2D eigenvalue weighted by molar-refractivity contribution is -0.140. The first-order valence-corrected chi connectivity index (χ1v) is 12.7. The number of dihydropyridines is 1. The number of thiophene rings is 1. The topological polar surface area (TPSA) is 85.6 Å². The molecular weight excluding hydrogens is 462 g/mol. The maximum Gasteiger partial charge on any atom is 0.336 e. The summed E-state index contributed by atoms with van der Waals surface area (Å²) in [7, 11) is 0. The smallest absolute Gasteiger partial charge is 0.336 e. The van der Waals surface area contributed by atoms with Gasteiger partial charge in [-0.25, -0.2) is 4.79 Å². The Morgan fingerprint density at radius 2 is 1.97 bits per heavy atom. The molecule has 1 aliphatic heterocycles. The van der Waals surface area contributed by atoms with E-state index in [0.717, 1.165) is 10.6 Å². The predicted molar refractivity (Wildman–Crippen MR) is 135 cm³/mol. The number of ketones is 1. The van der Waals surface area contributed by atoms with Crippen molar-refractivity contribution in [1.82, 2.24) is 5.32 Å². The highest BCUT2D eigenvalue weighted by atomic mass is 32.1. The molecule has 0 unspecified atom stereocenters. The summed E-state index contributed by atoms with van der Waals surface area (Å²) >= 11 is 1.63. The number of hydrogen-bond acceptors (Lipinski definition) is 7. The lowest BCUT2D eigenvalue weighted by atomic mass is 9.73. The zero-order valence-corrected chi connectivity index (χ0v) is 20.7. The molecule has 3 heterocycles. The maximum absolute atomic E-state index is 13.6. The largest absolute Gasteiger partial charge is 0.464 e. The van der Waals surface area contributed by atoms with E-state index >= 15 is 0 Å². The van der Waals surface area contributed by atoms with Gasteiger partial charge in [0.05, 0.1) is 29.7 Å². The summed E-state index contributed by atoms with van der Waals surface area (Å²) in [4.78, 5) is 41.7. The molecule has 180 valence electrons. The maximum atomic E-state index is 13.6. The van der Waals surface area contributed by atoms with Crippen molar-refractivity contribution < 1.29 is 18.7 Å². The Labute approximate surface area is 207 Å². The molecule has 6 nitrogen and oxygen atoms in total. The molecule has 1 aliphatic carbocycles. The van der Waals surface area contributed by atoms with Crippen molar-refractivity contribution in [2.75, 3.05) is 6.61 Å². The van der Waals surface area contributed by atoms with Crippen LogP contribution in [0.15, 0.2) is 79.8 Å². The van der Waals surface area contributed by atoms with Crippen LogP contribution in [0.5, 0.6) is 0 Å². The molecule has 0 saturated carbocycles. The minimum atomic E-state index is -0.844. The number of esters is 1. The second kappa shape index (κ2) is 9.30. The first-order chi connectivity index (χ1) is 16.8. The molecule has 2 aliphatic rings. The second-order valence-electron chi connectivity index (χ2n) is 9.54. The predicted octanol–water partition coefficient (Wildman–Crippen LogP) is 5.42. The van der Waals surface area contributed by atoms with E-state index in [1.54, 1.807) is 42.5 Å². The van der Waals surface area contributed by atoms with Gasteiger partial charge in [0.25, 0.3) is 0 Å². The van der Waals surface area contributed by atoms with Crippen LogP contribution in [0.25, 0.3) is 11.0 Å². The van der Waals surface area contributed by atoms with Gasteiger partial charge < -0.3 is 14.5 Å². The fourth-order valence-corrected chi connectivity index (χ4v) is 5.79. The molecule has 1 aromatic carbocycles. The van der Waals surface area contributed by atoms with Gasteiger partial charge in [-0.2, -0.15) is 0 Å². The summed E-state index contributed by atoms with van der Waals surface area (Å²) in [5.74, 6) is -1.23. The van der Waals surface area contributed by atoms with Crippen molar-refractivity contribution in [1.29, 1.82) is 0 Å². The average molecular weight is 490 g/mol. The monoisotopic (exact) mass is 489 g/mol. The number of Topliss-reactive ketones (excluding diaryl/α,β-unsaturated/α-hetero) is 1. The SMILES string of the molecule is CC1=C(C(=O)OCC(C)C)[C@H](c2coc3ccccc3c2=O)C2=C(C[C@@H](c3cccs3)CC2=O)N1. The molecule has 7 heteroatoms. The molecule has 2 aromatic heterocycles. The van der Waals surface area contributed by atoms with E-state index in [9.17, 15) is 14.4 Å². The van der Waals surface area contributed by atoms with E-state index in [1.807, 2.05) is 31.4 Å². The summed E-state index contributed by atoms with van der Waals surface area (Å²) in [6, 6.07) is 11.0. The Kier molecular flexibility index (Phi) is 6.19. The minimum absolute atomic E-state index is 0.0599. The van der Waals surface area contributed by atoms with Gasteiger partial charge in [0.1, 0.15) is 5.58 Å². The summed E-state index contributed by atoms with van der Waals surface area (Å²) in [5, 5.41) is 5.75. The zero-order valence-electron chi connectivity index (χ0n) is 19.9. The van der Waals surface area contributed by atoms with E-state index in [0.29, 0.717) is 35.1 Å². The second-order valence-corrected chi connectivity index (χ2v) is 10.5. The van der Waals surface area contributed by atoms with E-state index in [2.05, 4.69) is 5.32 Å². The third-order valence-corrected chi connectivity index (χ3v) is 7.59. The van der Waals surface area contributed by atoms with E-state index in [-0.39, 0.29) is 40.8 Å². The van der Waals surface area contributed by atoms with Gasteiger partial charge in [0, 0.05) is 39.7 Å². The van der Waals surface area contributed by atoms with Crippen LogP contribution in [-0.4, -0.2) is 18.4 Å². The van der Waals surface area contributed by atoms with Gasteiger partial charge in [0.2, 0.25) is 0 Å². The van der Waals surface area contributed by atoms with E-state index in [1.165, 1.54) is 6.26 Å². The first kappa shape index (κ1) is 23.3. The van der Waals surface area contributed by atoms with Crippen molar-refractivity contribution >= 4 is 34.1 Å². The van der Waals surface area contributed by atoms with E-state index in [4.69, 9.17) is 9.15 Å². The quantitative estimate of drug-likeness (QED) is 0.482. The van der Waals surface area contributed by atoms with Crippen molar-refractivity contribution in [3.05, 3.63) is 91.2 Å². The number of carbonyl (C=O) groups excluding carboxylic acids is 2. The fourth-order valence-electron chi connectivity index (χ4n) is 4.96. The number of rotatable bonds is 5. The molecule has 0 spiro atoms. The third kappa shape index (κ3) is 4.25. The van der Waals surface area contributed by atoms with Gasteiger partial charge in [-0.1, -0.05) is 32.0 Å². The minimum Gasteiger partial charge on any atom is -0.464 e. The molecule has 0 radical (unpaired) electrons. The highest BCUT2D eigenvalue weighted by Gasteiger charge is 2.43. The van der Waals surface area contributed by atoms with Crippen molar-refractivity contribution in [3.8, 4) is 0 Å². The highest BCUT2D eigenvalue weighted by Crippen LogP contribution is 2.45. The van der Waals surface area contributed by atoms with Gasteiger partial charge in [0.15, 0.2) is 11.2 Å². The van der Waals surface area contributed by atoms with Gasteiger partial charge in [-0.15, -0.1) is 11.3 Å². The van der Waals surface area contributed by atoms with Crippen LogP contribution in [0.1, 0.15) is 55.9 Å². The summed E-state index contributed by atoms with van der Waals surface area (Å²) in [6.07, 6.45) is 2.35. The Balaban J connectivity index is 1.66. The molecule has 3 aromatic rings. The highest BCUT2D eigenvalue weighted by molar-refractivity contribution is 7.10. The van der Waals surface area contributed by atoms with Crippen LogP contribution in [0, 0.1) is 5.92 Å². The molecule has 0 bridgehead atoms. The van der Waals surface area contributed by atoms with Crippen LogP contribution in [0.3, 0.4) is 0 Å². The standard InChI is InChI=1S/C28H27NO5S/c1-15(2)13-34-28(32)24-16(3)29-20-11-17(23-9-6-10-35-23)12-21(30)26(20)25(24)19-14-33-22-8-5-4-7-18(22)27(19)31/h4-10,14-15,17,25,29H,11-13H2,1-3H3/t17-,25+/m1/s1. The third-order valence-electron chi connectivity index (χ3n) is 6.56. The molecule has 0 saturated heterocycles. The molecular formula is C28H27NO5S. The molecule has 1 N–H and O–H groups in total. The molecule has 0 fully saturated rings. The zero-order chi connectivity index (χ0) is 24.7. The summed E-state index contributed by atoms with van der Waals surface area (Å²) in [5.41, 5.74) is 2.58. The molecule has 2 atom stereocenters. The van der Waals surface area contributed by atoms with Gasteiger partial charge in [-0.3, -0.25) is 9.59 Å². The number of nitrogens with one attached hydrogen (secondary N) is 1. The number of carbonyl (C=O) groups is 2. The summed E-state index contributed by atoms with van der Waals surface area (Å²) < 4.78 is 11.4. The summed E-state index contributed by atoms with van der Waals surface area (Å²) in [6.45, 7) is 5.96. The van der Waals surface area contributed by atoms with Crippen molar-refractivity contribution in [2.45, 2.75) is 45.4 Å². The van der Waals surface area contributed by atoms with Crippen LogP contribution < -0.4 is 10.7 Å². The number of benzene rings is 1. The fraction of sp³-hybridized carbons (Fsp3) is 0.321. The van der Waals surface area contributed by atoms with Crippen molar-refractivity contribution in [2.24, 2.45) is 5.92 Å². The van der Waals surface area contributed by atoms with Crippen LogP contribution in [-0.2, 0) is 14.3 Å². The Morgan fingerprint density at radius 1 is 1.17 bits per heavy atom. The number of hydrogen-bond donors (Lipinski definition) is 1. The average Bonchev–Trinajstić information content (AvgIpc) is 3.37. The van der Waals surface area contributed by atoms with Gasteiger partial charge >= 0.3 is 5.97 Å². The Bertz CT molecular complexity index is 1430. The Morgan fingerprint density at radius 3 is 2.71 bits per heavy atom. The van der Waals surface area contributed by atoms with E-state index < -0.39 is 11.9 Å². The Hall–Kier alpha value is -3.45. The number of fused-ring (bicyclic) bond motifs is 1.